The van der Waals surface area contributed by atoms with Crippen LogP contribution in [-0.2, 0) is 21.4 Å². The third-order valence-electron chi connectivity index (χ3n) is 4.53. The van der Waals surface area contributed by atoms with Gasteiger partial charge in [0.2, 0.25) is 15.9 Å². The van der Waals surface area contributed by atoms with Crippen molar-refractivity contribution in [1.29, 1.82) is 0 Å². The van der Waals surface area contributed by atoms with Crippen molar-refractivity contribution in [2.45, 2.75) is 30.7 Å². The van der Waals surface area contributed by atoms with Crippen molar-refractivity contribution in [2.75, 3.05) is 19.6 Å². The second-order valence-corrected chi connectivity index (χ2v) is 8.29. The molecule has 0 aliphatic carbocycles. The van der Waals surface area contributed by atoms with Gasteiger partial charge in [-0.05, 0) is 49.2 Å². The maximum Gasteiger partial charge on any atom is 0.251 e. The average molecular weight is 405 g/mol. The lowest BCUT2D eigenvalue weighted by molar-refractivity contribution is -0.129. The van der Waals surface area contributed by atoms with Crippen LogP contribution in [-0.4, -0.2) is 44.8 Å². The predicted molar refractivity (Wildman–Crippen MR) is 102 cm³/mol. The predicted octanol–water partition coefficient (Wildman–Crippen LogP) is 1.50. The topological polar surface area (TPSA) is 109 Å². The number of likely N-dealkylation sites (tertiary alicyclic amines) is 1. The summed E-state index contributed by atoms with van der Waals surface area (Å²) < 4.78 is 32.1. The second-order valence-electron chi connectivity index (χ2n) is 6.52. The van der Waals surface area contributed by atoms with Gasteiger partial charge in [-0.15, -0.1) is 0 Å². The Bertz CT molecular complexity index is 902. The van der Waals surface area contributed by atoms with E-state index in [2.05, 4.69) is 10.0 Å². The minimum absolute atomic E-state index is 0.0434. The van der Waals surface area contributed by atoms with Crippen LogP contribution < -0.4 is 10.0 Å². The summed E-state index contributed by atoms with van der Waals surface area (Å²) in [7, 11) is -3.71. The Morgan fingerprint density at radius 3 is 2.43 bits per heavy atom. The summed E-state index contributed by atoms with van der Waals surface area (Å²) in [5, 5.41) is 2.69. The van der Waals surface area contributed by atoms with E-state index in [-0.39, 0.29) is 36.2 Å². The van der Waals surface area contributed by atoms with Crippen molar-refractivity contribution < 1.29 is 22.4 Å². The summed E-state index contributed by atoms with van der Waals surface area (Å²) >= 11 is 0. The number of benzene rings is 1. The zero-order chi connectivity index (χ0) is 20.0. The molecule has 1 aromatic carbocycles. The summed E-state index contributed by atoms with van der Waals surface area (Å²) in [6, 6.07) is 8.97. The van der Waals surface area contributed by atoms with Crippen LogP contribution in [0.25, 0.3) is 0 Å². The molecule has 1 saturated heterocycles. The molecule has 0 atom stereocenters. The minimum atomic E-state index is -3.71. The molecule has 2 heterocycles. The summed E-state index contributed by atoms with van der Waals surface area (Å²) in [6.45, 7) is 1.87. The van der Waals surface area contributed by atoms with E-state index in [0.29, 0.717) is 11.3 Å². The number of amides is 2. The quantitative estimate of drug-likeness (QED) is 0.692. The van der Waals surface area contributed by atoms with Crippen LogP contribution in [0.15, 0.2) is 52.0 Å². The molecule has 0 radical (unpaired) electrons. The van der Waals surface area contributed by atoms with Gasteiger partial charge in [0.15, 0.2) is 0 Å². The van der Waals surface area contributed by atoms with E-state index >= 15 is 0 Å². The number of nitrogens with one attached hydrogen (secondary N) is 2. The largest absolute Gasteiger partial charge is 0.468 e. The number of sulfonamides is 1. The fourth-order valence-corrected chi connectivity index (χ4v) is 3.95. The zero-order valence-corrected chi connectivity index (χ0v) is 16.2. The minimum Gasteiger partial charge on any atom is -0.468 e. The van der Waals surface area contributed by atoms with E-state index in [9.17, 15) is 18.0 Å². The number of furan rings is 1. The lowest BCUT2D eigenvalue weighted by Crippen LogP contribution is -2.32. The Hall–Kier alpha value is -2.65. The zero-order valence-electron chi connectivity index (χ0n) is 15.4. The highest BCUT2D eigenvalue weighted by molar-refractivity contribution is 7.89. The first-order chi connectivity index (χ1) is 13.5. The number of carbonyl (C=O) groups is 2. The molecule has 2 amide bonds. The summed E-state index contributed by atoms with van der Waals surface area (Å²) in [6.07, 6.45) is 3.79. The van der Waals surface area contributed by atoms with E-state index in [4.69, 9.17) is 4.42 Å². The maximum atomic E-state index is 12.3. The van der Waals surface area contributed by atoms with E-state index in [1.54, 1.807) is 12.1 Å². The van der Waals surface area contributed by atoms with Gasteiger partial charge < -0.3 is 14.6 Å². The molecule has 1 aliphatic heterocycles. The van der Waals surface area contributed by atoms with Crippen LogP contribution >= 0.6 is 0 Å². The lowest BCUT2D eigenvalue weighted by atomic mass is 10.2. The summed E-state index contributed by atoms with van der Waals surface area (Å²) in [5.74, 6) is 0.201. The second kappa shape index (κ2) is 9.03. The van der Waals surface area contributed by atoms with Gasteiger partial charge in [0.25, 0.3) is 5.91 Å². The van der Waals surface area contributed by atoms with E-state index in [1.807, 2.05) is 4.90 Å². The first-order valence-electron chi connectivity index (χ1n) is 9.14. The monoisotopic (exact) mass is 405 g/mol. The molecule has 0 spiro atoms. The number of carbonyl (C=O) groups excluding carboxylic acids is 2. The number of hydrogen-bond donors (Lipinski definition) is 2. The molecule has 2 aromatic rings. The molecule has 0 saturated carbocycles. The van der Waals surface area contributed by atoms with Gasteiger partial charge in [-0.3, -0.25) is 9.59 Å². The van der Waals surface area contributed by atoms with Crippen molar-refractivity contribution in [2.24, 2.45) is 0 Å². The van der Waals surface area contributed by atoms with E-state index in [0.717, 1.165) is 25.9 Å². The summed E-state index contributed by atoms with van der Waals surface area (Å²) in [4.78, 5) is 26.0. The van der Waals surface area contributed by atoms with Crippen LogP contribution in [0.2, 0.25) is 0 Å². The SMILES string of the molecule is O=C(NCCC(=O)N1CCCC1)c1ccc(S(=O)(=O)NCc2ccco2)cc1. The number of nitrogens with zero attached hydrogens (tertiary/aromatic N) is 1. The first-order valence-corrected chi connectivity index (χ1v) is 10.6. The third-order valence-corrected chi connectivity index (χ3v) is 5.94. The van der Waals surface area contributed by atoms with Gasteiger partial charge in [0.05, 0.1) is 17.7 Å². The first kappa shape index (κ1) is 20.1. The van der Waals surface area contributed by atoms with Crippen LogP contribution in [0, 0.1) is 0 Å². The Morgan fingerprint density at radius 2 is 1.79 bits per heavy atom. The van der Waals surface area contributed by atoms with Gasteiger partial charge in [0.1, 0.15) is 5.76 Å². The molecule has 3 rings (SSSR count). The molecule has 28 heavy (non-hydrogen) atoms. The standard InChI is InChI=1S/C19H23N3O5S/c23-18(22-11-1-2-12-22)9-10-20-19(24)15-5-7-17(8-6-15)28(25,26)21-14-16-4-3-13-27-16/h3-8,13,21H,1-2,9-12,14H2,(H,20,24). The van der Waals surface area contributed by atoms with Gasteiger partial charge in [-0.25, -0.2) is 13.1 Å². The Balaban J connectivity index is 1.49. The van der Waals surface area contributed by atoms with E-state index in [1.165, 1.54) is 30.5 Å². The highest BCUT2D eigenvalue weighted by atomic mass is 32.2. The maximum absolute atomic E-state index is 12.3. The Labute approximate surface area is 164 Å². The Kier molecular flexibility index (Phi) is 6.48. The summed E-state index contributed by atoms with van der Waals surface area (Å²) in [5.41, 5.74) is 0.332. The molecule has 0 unspecified atom stereocenters. The molecule has 150 valence electrons. The highest BCUT2D eigenvalue weighted by Gasteiger charge is 2.18. The van der Waals surface area contributed by atoms with Crippen molar-refractivity contribution in [1.82, 2.24) is 14.9 Å². The highest BCUT2D eigenvalue weighted by Crippen LogP contribution is 2.12. The van der Waals surface area contributed by atoms with Crippen LogP contribution in [0.4, 0.5) is 0 Å². The van der Waals surface area contributed by atoms with Crippen LogP contribution in [0.1, 0.15) is 35.4 Å². The normalized spacial score (nSPS) is 14.2. The molecule has 0 bridgehead atoms. The molecular weight excluding hydrogens is 382 g/mol. The van der Waals surface area contributed by atoms with Gasteiger partial charge >= 0.3 is 0 Å². The van der Waals surface area contributed by atoms with Gasteiger partial charge in [-0.2, -0.15) is 0 Å². The fourth-order valence-electron chi connectivity index (χ4n) is 2.96. The smallest absolute Gasteiger partial charge is 0.251 e. The Morgan fingerprint density at radius 1 is 1.07 bits per heavy atom. The van der Waals surface area contributed by atoms with Crippen LogP contribution in [0.5, 0.6) is 0 Å². The fraction of sp³-hybridized carbons (Fsp3) is 0.368. The van der Waals surface area contributed by atoms with Crippen molar-refractivity contribution in [3.05, 3.63) is 54.0 Å². The molecule has 1 aromatic heterocycles. The molecule has 2 N–H and O–H groups in total. The molecular formula is C19H23N3O5S. The molecule has 8 nitrogen and oxygen atoms in total. The lowest BCUT2D eigenvalue weighted by Gasteiger charge is -2.15. The average Bonchev–Trinajstić information content (AvgIpc) is 3.40. The van der Waals surface area contributed by atoms with Crippen molar-refractivity contribution in [3.63, 3.8) is 0 Å². The van der Waals surface area contributed by atoms with Crippen molar-refractivity contribution in [3.8, 4) is 0 Å². The number of hydrogen-bond acceptors (Lipinski definition) is 5. The molecule has 9 heteroatoms. The van der Waals surface area contributed by atoms with E-state index < -0.39 is 10.0 Å². The van der Waals surface area contributed by atoms with Gasteiger partial charge in [-0.1, -0.05) is 0 Å². The van der Waals surface area contributed by atoms with Crippen LogP contribution in [0.3, 0.4) is 0 Å². The molecule has 1 aliphatic rings. The van der Waals surface area contributed by atoms with Gasteiger partial charge in [0, 0.05) is 31.6 Å². The molecule has 1 fully saturated rings. The number of rotatable bonds is 8. The third kappa shape index (κ3) is 5.20. The van der Waals surface area contributed by atoms with Crippen molar-refractivity contribution >= 4 is 21.8 Å².